The summed E-state index contributed by atoms with van der Waals surface area (Å²) >= 11 is 0. The van der Waals surface area contributed by atoms with Gasteiger partial charge in [0.25, 0.3) is 0 Å². The van der Waals surface area contributed by atoms with Gasteiger partial charge < -0.3 is 14.8 Å². The third-order valence-electron chi connectivity index (χ3n) is 3.21. The van der Waals surface area contributed by atoms with Crippen molar-refractivity contribution in [1.29, 1.82) is 0 Å². The lowest BCUT2D eigenvalue weighted by Gasteiger charge is -2.10. The fourth-order valence-corrected chi connectivity index (χ4v) is 2.01. The number of rotatable bonds is 8. The zero-order valence-electron chi connectivity index (χ0n) is 11.4. The monoisotopic (exact) mass is 249 g/mol. The lowest BCUT2D eigenvalue weighted by atomic mass is 10.1. The summed E-state index contributed by atoms with van der Waals surface area (Å²) in [6.07, 6.45) is 3.58. The van der Waals surface area contributed by atoms with Crippen LogP contribution in [0.3, 0.4) is 0 Å². The average molecular weight is 249 g/mol. The Morgan fingerprint density at radius 1 is 1.28 bits per heavy atom. The van der Waals surface area contributed by atoms with Gasteiger partial charge in [0.15, 0.2) is 0 Å². The van der Waals surface area contributed by atoms with Crippen LogP contribution in [0.25, 0.3) is 0 Å². The first kappa shape index (κ1) is 13.4. The summed E-state index contributed by atoms with van der Waals surface area (Å²) in [6, 6.07) is 7.04. The number of ether oxygens (including phenoxy) is 2. The largest absolute Gasteiger partial charge is 0.496 e. The van der Waals surface area contributed by atoms with Gasteiger partial charge in [-0.25, -0.2) is 0 Å². The second-order valence-electron chi connectivity index (χ2n) is 4.91. The lowest BCUT2D eigenvalue weighted by Crippen LogP contribution is -2.22. The van der Waals surface area contributed by atoms with Gasteiger partial charge in [-0.1, -0.05) is 17.7 Å². The van der Waals surface area contributed by atoms with E-state index in [0.717, 1.165) is 38.0 Å². The van der Waals surface area contributed by atoms with Gasteiger partial charge in [-0.15, -0.1) is 0 Å². The molecule has 1 aliphatic carbocycles. The third-order valence-corrected chi connectivity index (χ3v) is 3.21. The molecule has 0 radical (unpaired) electrons. The van der Waals surface area contributed by atoms with Crippen LogP contribution in [0.1, 0.15) is 24.0 Å². The highest BCUT2D eigenvalue weighted by molar-refractivity contribution is 5.36. The maximum absolute atomic E-state index is 5.64. The molecule has 0 saturated heterocycles. The second kappa shape index (κ2) is 6.76. The highest BCUT2D eigenvalue weighted by atomic mass is 16.5. The van der Waals surface area contributed by atoms with E-state index in [1.807, 2.05) is 6.07 Å². The van der Waals surface area contributed by atoms with Crippen LogP contribution in [-0.4, -0.2) is 32.9 Å². The summed E-state index contributed by atoms with van der Waals surface area (Å²) in [6.45, 7) is 4.62. The Hall–Kier alpha value is -1.06. The minimum Gasteiger partial charge on any atom is -0.496 e. The Labute approximate surface area is 109 Å². The van der Waals surface area contributed by atoms with Crippen LogP contribution in [0.2, 0.25) is 0 Å². The van der Waals surface area contributed by atoms with Crippen LogP contribution in [0.15, 0.2) is 18.2 Å². The number of aryl methyl sites for hydroxylation is 1. The second-order valence-corrected chi connectivity index (χ2v) is 4.91. The van der Waals surface area contributed by atoms with Crippen LogP contribution in [0.5, 0.6) is 5.75 Å². The van der Waals surface area contributed by atoms with Gasteiger partial charge in [-0.05, 0) is 37.8 Å². The van der Waals surface area contributed by atoms with Gasteiger partial charge in [0.05, 0.1) is 20.3 Å². The summed E-state index contributed by atoms with van der Waals surface area (Å²) in [5.74, 6) is 0.959. The van der Waals surface area contributed by atoms with Crippen LogP contribution in [0.4, 0.5) is 0 Å². The number of hydrogen-bond acceptors (Lipinski definition) is 3. The fourth-order valence-electron chi connectivity index (χ4n) is 2.01. The minimum absolute atomic E-state index is 0.756. The van der Waals surface area contributed by atoms with Crippen LogP contribution in [-0.2, 0) is 11.2 Å². The first-order valence-corrected chi connectivity index (χ1v) is 6.74. The predicted octanol–water partition coefficient (Wildman–Crippen LogP) is 2.31. The molecule has 0 aromatic heterocycles. The first-order chi connectivity index (χ1) is 8.79. The maximum atomic E-state index is 5.64. The van der Waals surface area contributed by atoms with E-state index in [9.17, 15) is 0 Å². The van der Waals surface area contributed by atoms with Gasteiger partial charge in [0, 0.05) is 12.6 Å². The van der Waals surface area contributed by atoms with E-state index < -0.39 is 0 Å². The predicted molar refractivity (Wildman–Crippen MR) is 73.3 cm³/mol. The van der Waals surface area contributed by atoms with E-state index in [1.165, 1.54) is 24.0 Å². The quantitative estimate of drug-likeness (QED) is 0.717. The van der Waals surface area contributed by atoms with Crippen molar-refractivity contribution < 1.29 is 9.47 Å². The molecular weight excluding hydrogens is 226 g/mol. The van der Waals surface area contributed by atoms with Crippen molar-refractivity contribution in [2.75, 3.05) is 26.9 Å². The molecule has 18 heavy (non-hydrogen) atoms. The zero-order chi connectivity index (χ0) is 12.8. The van der Waals surface area contributed by atoms with Crippen molar-refractivity contribution in [3.05, 3.63) is 29.3 Å². The summed E-state index contributed by atoms with van der Waals surface area (Å²) in [5, 5.41) is 3.44. The minimum atomic E-state index is 0.756. The SMILES string of the molecule is COc1ccc(C)cc1CCOCCNC1CC1. The van der Waals surface area contributed by atoms with Crippen molar-refractivity contribution in [3.63, 3.8) is 0 Å². The number of benzene rings is 1. The Morgan fingerprint density at radius 3 is 2.83 bits per heavy atom. The highest BCUT2D eigenvalue weighted by Gasteiger charge is 2.19. The molecule has 100 valence electrons. The summed E-state index contributed by atoms with van der Waals surface area (Å²) in [5.41, 5.74) is 2.49. The zero-order valence-corrected chi connectivity index (χ0v) is 11.4. The van der Waals surface area contributed by atoms with E-state index in [0.29, 0.717) is 0 Å². The molecule has 0 unspecified atom stereocenters. The third kappa shape index (κ3) is 4.31. The van der Waals surface area contributed by atoms with Crippen molar-refractivity contribution in [3.8, 4) is 5.75 Å². The molecule has 2 rings (SSSR count). The van der Waals surface area contributed by atoms with Crippen LogP contribution in [0, 0.1) is 6.92 Å². The standard InChI is InChI=1S/C15H23NO2/c1-12-3-6-15(17-2)13(11-12)7-9-18-10-8-16-14-4-5-14/h3,6,11,14,16H,4-5,7-10H2,1-2H3. The molecule has 1 aliphatic rings. The summed E-state index contributed by atoms with van der Waals surface area (Å²) in [4.78, 5) is 0. The molecule has 3 nitrogen and oxygen atoms in total. The van der Waals surface area contributed by atoms with Crippen molar-refractivity contribution in [2.24, 2.45) is 0 Å². The van der Waals surface area contributed by atoms with Gasteiger partial charge in [0.2, 0.25) is 0 Å². The maximum Gasteiger partial charge on any atom is 0.122 e. The summed E-state index contributed by atoms with van der Waals surface area (Å²) in [7, 11) is 1.72. The van der Waals surface area contributed by atoms with Gasteiger partial charge in [-0.3, -0.25) is 0 Å². The molecule has 0 bridgehead atoms. The van der Waals surface area contributed by atoms with E-state index in [1.54, 1.807) is 7.11 Å². The Kier molecular flexibility index (Phi) is 5.02. The van der Waals surface area contributed by atoms with E-state index in [2.05, 4.69) is 24.4 Å². The van der Waals surface area contributed by atoms with Gasteiger partial charge in [0.1, 0.15) is 5.75 Å². The Bertz CT molecular complexity index is 375. The Morgan fingerprint density at radius 2 is 2.11 bits per heavy atom. The molecule has 3 heteroatoms. The normalized spacial score (nSPS) is 14.8. The molecule has 0 heterocycles. The van der Waals surface area contributed by atoms with E-state index in [-0.39, 0.29) is 0 Å². The van der Waals surface area contributed by atoms with Gasteiger partial charge in [-0.2, -0.15) is 0 Å². The smallest absolute Gasteiger partial charge is 0.122 e. The first-order valence-electron chi connectivity index (χ1n) is 6.74. The van der Waals surface area contributed by atoms with Crippen molar-refractivity contribution in [1.82, 2.24) is 5.32 Å². The molecule has 0 spiro atoms. The highest BCUT2D eigenvalue weighted by Crippen LogP contribution is 2.20. The number of hydrogen-bond donors (Lipinski definition) is 1. The van der Waals surface area contributed by atoms with Crippen LogP contribution < -0.4 is 10.1 Å². The molecule has 0 aliphatic heterocycles. The van der Waals surface area contributed by atoms with Crippen molar-refractivity contribution >= 4 is 0 Å². The molecule has 0 amide bonds. The van der Waals surface area contributed by atoms with Crippen LogP contribution >= 0.6 is 0 Å². The Balaban J connectivity index is 1.66. The molecule has 0 atom stereocenters. The molecule has 1 fully saturated rings. The molecule has 1 N–H and O–H groups in total. The average Bonchev–Trinajstić information content (AvgIpc) is 3.18. The molecular formula is C15H23NO2. The van der Waals surface area contributed by atoms with E-state index in [4.69, 9.17) is 9.47 Å². The summed E-state index contributed by atoms with van der Waals surface area (Å²) < 4.78 is 11.0. The molecule has 1 aromatic carbocycles. The molecule has 1 aromatic rings. The fraction of sp³-hybridized carbons (Fsp3) is 0.600. The topological polar surface area (TPSA) is 30.5 Å². The number of methoxy groups -OCH3 is 1. The number of nitrogens with one attached hydrogen (secondary N) is 1. The lowest BCUT2D eigenvalue weighted by molar-refractivity contribution is 0.138. The van der Waals surface area contributed by atoms with Crippen molar-refractivity contribution in [2.45, 2.75) is 32.2 Å². The molecule has 1 saturated carbocycles. The van der Waals surface area contributed by atoms with E-state index >= 15 is 0 Å². The van der Waals surface area contributed by atoms with Gasteiger partial charge >= 0.3 is 0 Å².